The SMILES string of the molecule is CC(C)Cc1cnc(NC2CCCNC2)nc1. The first-order valence-corrected chi connectivity index (χ1v) is 6.52. The van der Waals surface area contributed by atoms with Crippen molar-refractivity contribution in [3.05, 3.63) is 18.0 Å². The number of nitrogens with zero attached hydrogens (tertiary/aromatic N) is 2. The van der Waals surface area contributed by atoms with E-state index in [9.17, 15) is 0 Å². The van der Waals surface area contributed by atoms with E-state index in [0.29, 0.717) is 12.0 Å². The van der Waals surface area contributed by atoms with E-state index < -0.39 is 0 Å². The van der Waals surface area contributed by atoms with Crippen LogP contribution in [0.5, 0.6) is 0 Å². The molecule has 0 aromatic carbocycles. The number of piperidine rings is 1. The highest BCUT2D eigenvalue weighted by Crippen LogP contribution is 2.10. The van der Waals surface area contributed by atoms with Crippen LogP contribution in [-0.4, -0.2) is 29.1 Å². The van der Waals surface area contributed by atoms with E-state index in [-0.39, 0.29) is 0 Å². The van der Waals surface area contributed by atoms with Crippen molar-refractivity contribution in [3.8, 4) is 0 Å². The molecule has 0 spiro atoms. The van der Waals surface area contributed by atoms with Crippen molar-refractivity contribution in [3.63, 3.8) is 0 Å². The van der Waals surface area contributed by atoms with E-state index in [0.717, 1.165) is 25.5 Å². The van der Waals surface area contributed by atoms with Gasteiger partial charge < -0.3 is 10.6 Å². The normalized spacial score (nSPS) is 20.5. The molecule has 2 N–H and O–H groups in total. The van der Waals surface area contributed by atoms with Gasteiger partial charge in [-0.15, -0.1) is 0 Å². The van der Waals surface area contributed by atoms with Crippen LogP contribution in [0.3, 0.4) is 0 Å². The molecule has 0 aliphatic carbocycles. The largest absolute Gasteiger partial charge is 0.350 e. The Labute approximate surface area is 103 Å². The Morgan fingerprint density at radius 1 is 1.41 bits per heavy atom. The molecule has 1 aromatic heterocycles. The Kier molecular flexibility index (Phi) is 4.31. The lowest BCUT2D eigenvalue weighted by Gasteiger charge is -2.23. The second-order valence-corrected chi connectivity index (χ2v) is 5.20. The van der Waals surface area contributed by atoms with Gasteiger partial charge in [0.05, 0.1) is 0 Å². The average molecular weight is 234 g/mol. The van der Waals surface area contributed by atoms with Gasteiger partial charge in [0.1, 0.15) is 0 Å². The lowest BCUT2D eigenvalue weighted by atomic mass is 10.1. The second kappa shape index (κ2) is 5.96. The molecule has 1 aromatic rings. The van der Waals surface area contributed by atoms with E-state index in [4.69, 9.17) is 0 Å². The van der Waals surface area contributed by atoms with Gasteiger partial charge in [0.2, 0.25) is 5.95 Å². The molecule has 1 unspecified atom stereocenters. The summed E-state index contributed by atoms with van der Waals surface area (Å²) in [4.78, 5) is 8.75. The maximum absolute atomic E-state index is 4.38. The number of nitrogens with one attached hydrogen (secondary N) is 2. The summed E-state index contributed by atoms with van der Waals surface area (Å²) in [5.41, 5.74) is 1.22. The van der Waals surface area contributed by atoms with E-state index >= 15 is 0 Å². The number of rotatable bonds is 4. The summed E-state index contributed by atoms with van der Waals surface area (Å²) in [5, 5.41) is 6.75. The Balaban J connectivity index is 1.88. The fourth-order valence-corrected chi connectivity index (χ4v) is 2.16. The van der Waals surface area contributed by atoms with Crippen LogP contribution < -0.4 is 10.6 Å². The molecule has 1 aliphatic heterocycles. The van der Waals surface area contributed by atoms with Crippen LogP contribution in [0.4, 0.5) is 5.95 Å². The van der Waals surface area contributed by atoms with Crippen molar-refractivity contribution < 1.29 is 0 Å². The molecule has 0 amide bonds. The molecule has 0 bridgehead atoms. The molecular formula is C13H22N4. The topological polar surface area (TPSA) is 49.8 Å². The van der Waals surface area contributed by atoms with Gasteiger partial charge >= 0.3 is 0 Å². The van der Waals surface area contributed by atoms with E-state index in [1.165, 1.54) is 18.4 Å². The Morgan fingerprint density at radius 3 is 2.76 bits per heavy atom. The third-order valence-corrected chi connectivity index (χ3v) is 2.98. The van der Waals surface area contributed by atoms with Crippen molar-refractivity contribution in [2.45, 2.75) is 39.2 Å². The van der Waals surface area contributed by atoms with Crippen LogP contribution >= 0.6 is 0 Å². The zero-order valence-electron chi connectivity index (χ0n) is 10.7. The van der Waals surface area contributed by atoms with E-state index in [2.05, 4.69) is 34.4 Å². The monoisotopic (exact) mass is 234 g/mol. The molecule has 1 fully saturated rings. The fraction of sp³-hybridized carbons (Fsp3) is 0.692. The van der Waals surface area contributed by atoms with Gasteiger partial charge in [0, 0.05) is 25.0 Å². The van der Waals surface area contributed by atoms with Crippen LogP contribution in [0, 0.1) is 5.92 Å². The molecule has 1 aliphatic rings. The Bertz CT molecular complexity index is 328. The summed E-state index contributed by atoms with van der Waals surface area (Å²) in [7, 11) is 0. The molecule has 0 saturated carbocycles. The Hall–Kier alpha value is -1.16. The second-order valence-electron chi connectivity index (χ2n) is 5.20. The van der Waals surface area contributed by atoms with Gasteiger partial charge in [-0.05, 0) is 37.3 Å². The molecule has 1 atom stereocenters. The van der Waals surface area contributed by atoms with Crippen LogP contribution in [0.15, 0.2) is 12.4 Å². The minimum absolute atomic E-state index is 0.472. The van der Waals surface area contributed by atoms with Crippen LogP contribution in [-0.2, 0) is 6.42 Å². The van der Waals surface area contributed by atoms with Gasteiger partial charge in [-0.1, -0.05) is 13.8 Å². The van der Waals surface area contributed by atoms with Gasteiger partial charge in [0.15, 0.2) is 0 Å². The number of anilines is 1. The minimum atomic E-state index is 0.472. The molecule has 2 heterocycles. The zero-order chi connectivity index (χ0) is 12.1. The molecule has 4 heteroatoms. The van der Waals surface area contributed by atoms with Crippen molar-refractivity contribution >= 4 is 5.95 Å². The van der Waals surface area contributed by atoms with Gasteiger partial charge in [-0.2, -0.15) is 0 Å². The molecule has 2 rings (SSSR count). The summed E-state index contributed by atoms with van der Waals surface area (Å²) in [6.45, 7) is 6.56. The van der Waals surface area contributed by atoms with Gasteiger partial charge in [-0.3, -0.25) is 0 Å². The highest BCUT2D eigenvalue weighted by molar-refractivity contribution is 5.26. The quantitative estimate of drug-likeness (QED) is 0.834. The average Bonchev–Trinajstić information content (AvgIpc) is 2.32. The minimum Gasteiger partial charge on any atom is -0.350 e. The summed E-state index contributed by atoms with van der Waals surface area (Å²) >= 11 is 0. The standard InChI is InChI=1S/C13H22N4/c1-10(2)6-11-7-15-13(16-8-11)17-12-4-3-5-14-9-12/h7-8,10,12,14H,3-6,9H2,1-2H3,(H,15,16,17). The molecule has 94 valence electrons. The number of hydrogen-bond donors (Lipinski definition) is 2. The van der Waals surface area contributed by atoms with Crippen LogP contribution in [0.2, 0.25) is 0 Å². The Morgan fingerprint density at radius 2 is 2.18 bits per heavy atom. The first kappa shape index (κ1) is 12.3. The van der Waals surface area contributed by atoms with Gasteiger partial charge in [0.25, 0.3) is 0 Å². The first-order valence-electron chi connectivity index (χ1n) is 6.52. The molecular weight excluding hydrogens is 212 g/mol. The third-order valence-electron chi connectivity index (χ3n) is 2.98. The highest BCUT2D eigenvalue weighted by Gasteiger charge is 2.13. The first-order chi connectivity index (χ1) is 8.24. The summed E-state index contributed by atoms with van der Waals surface area (Å²) in [6, 6.07) is 0.472. The van der Waals surface area contributed by atoms with Crippen molar-refractivity contribution in [2.75, 3.05) is 18.4 Å². The van der Waals surface area contributed by atoms with Gasteiger partial charge in [-0.25, -0.2) is 9.97 Å². The molecule has 0 radical (unpaired) electrons. The van der Waals surface area contributed by atoms with Crippen LogP contribution in [0.1, 0.15) is 32.3 Å². The summed E-state index contributed by atoms with van der Waals surface area (Å²) < 4.78 is 0. The molecule has 17 heavy (non-hydrogen) atoms. The summed E-state index contributed by atoms with van der Waals surface area (Å²) in [5.74, 6) is 1.41. The number of aromatic nitrogens is 2. The van der Waals surface area contributed by atoms with Crippen molar-refractivity contribution in [1.29, 1.82) is 0 Å². The predicted molar refractivity (Wildman–Crippen MR) is 70.1 cm³/mol. The maximum Gasteiger partial charge on any atom is 0.222 e. The lowest BCUT2D eigenvalue weighted by molar-refractivity contribution is 0.478. The molecule has 4 nitrogen and oxygen atoms in total. The highest BCUT2D eigenvalue weighted by atomic mass is 15.1. The van der Waals surface area contributed by atoms with E-state index in [1.54, 1.807) is 0 Å². The van der Waals surface area contributed by atoms with E-state index in [1.807, 2.05) is 12.4 Å². The predicted octanol–water partition coefficient (Wildman–Crippen LogP) is 1.84. The smallest absolute Gasteiger partial charge is 0.222 e. The molecule has 1 saturated heterocycles. The maximum atomic E-state index is 4.38. The van der Waals surface area contributed by atoms with Crippen molar-refractivity contribution in [2.24, 2.45) is 5.92 Å². The zero-order valence-corrected chi connectivity index (χ0v) is 10.7. The summed E-state index contributed by atoms with van der Waals surface area (Å²) in [6.07, 6.45) is 7.34. The van der Waals surface area contributed by atoms with Crippen molar-refractivity contribution in [1.82, 2.24) is 15.3 Å². The number of hydrogen-bond acceptors (Lipinski definition) is 4. The van der Waals surface area contributed by atoms with Crippen LogP contribution in [0.25, 0.3) is 0 Å². The fourth-order valence-electron chi connectivity index (χ4n) is 2.16. The third kappa shape index (κ3) is 3.97. The lowest BCUT2D eigenvalue weighted by Crippen LogP contribution is -2.38.